The van der Waals surface area contributed by atoms with Crippen molar-refractivity contribution in [1.29, 1.82) is 0 Å². The number of ether oxygens (including phenoxy) is 1. The number of aromatic nitrogens is 6. The number of anilines is 2. The number of H-pyrrole nitrogens is 3. The summed E-state index contributed by atoms with van der Waals surface area (Å²) in [7, 11) is 1.84. The van der Waals surface area contributed by atoms with Crippen molar-refractivity contribution in [1.82, 2.24) is 29.8 Å². The van der Waals surface area contributed by atoms with Crippen LogP contribution in [0, 0.1) is 0 Å². The topological polar surface area (TPSA) is 206 Å². The number of carbonyl (C=O) groups excluding carboxylic acids is 2. The first kappa shape index (κ1) is 38.6. The minimum absolute atomic E-state index is 0.216. The smallest absolute Gasteiger partial charge is 0.439 e. The molecule has 4 aromatic heterocycles. The quantitative estimate of drug-likeness (QED) is 0.0938. The summed E-state index contributed by atoms with van der Waals surface area (Å²) in [5.41, 5.74) is 5.78. The van der Waals surface area contributed by atoms with Gasteiger partial charge in [0.1, 0.15) is 23.7 Å². The maximum atomic E-state index is 13.0. The maximum absolute atomic E-state index is 13.0. The van der Waals surface area contributed by atoms with Crippen LogP contribution in [0.2, 0.25) is 0 Å². The molecule has 59 heavy (non-hydrogen) atoms. The van der Waals surface area contributed by atoms with Gasteiger partial charge in [-0.2, -0.15) is 0 Å². The number of aromatic amines is 3. The Kier molecular flexibility index (Phi) is 10.9. The van der Waals surface area contributed by atoms with Crippen molar-refractivity contribution < 1.29 is 23.4 Å². The second-order valence-electron chi connectivity index (χ2n) is 13.0. The van der Waals surface area contributed by atoms with Crippen molar-refractivity contribution in [3.8, 4) is 28.5 Å². The summed E-state index contributed by atoms with van der Waals surface area (Å²) in [6.07, 6.45) is 0. The Hall–Kier alpha value is -7.24. The minimum atomic E-state index is -0.678. The van der Waals surface area contributed by atoms with Gasteiger partial charge in [0, 0.05) is 48.9 Å². The normalized spacial score (nSPS) is 11.0. The predicted octanol–water partition coefficient (Wildman–Crippen LogP) is 8.64. The molecule has 4 heterocycles. The van der Waals surface area contributed by atoms with Gasteiger partial charge in [0.2, 0.25) is 0 Å². The van der Waals surface area contributed by atoms with Crippen molar-refractivity contribution in [2.75, 3.05) is 10.6 Å². The van der Waals surface area contributed by atoms with Crippen LogP contribution < -0.4 is 26.9 Å². The third-order valence-electron chi connectivity index (χ3n) is 9.12. The summed E-state index contributed by atoms with van der Waals surface area (Å²) in [5.74, 6) is -0.779. The summed E-state index contributed by atoms with van der Waals surface area (Å²) in [5, 5.41) is 15.0. The van der Waals surface area contributed by atoms with E-state index in [1.807, 2.05) is 90.5 Å². The zero-order valence-corrected chi connectivity index (χ0v) is 33.9. The molecule has 0 aliphatic rings. The molecule has 17 heteroatoms. The molecular formula is C42H30Br2N8O7. The van der Waals surface area contributed by atoms with E-state index < -0.39 is 11.5 Å². The monoisotopic (exact) mass is 916 g/mol. The van der Waals surface area contributed by atoms with E-state index in [1.54, 1.807) is 42.5 Å². The Balaban J connectivity index is 0.000000169. The van der Waals surface area contributed by atoms with Crippen LogP contribution in [0.1, 0.15) is 26.5 Å². The number of nitrogens with one attached hydrogen (secondary N) is 5. The molecule has 0 bridgehead atoms. The molecule has 294 valence electrons. The van der Waals surface area contributed by atoms with Crippen molar-refractivity contribution >= 4 is 76.9 Å². The molecule has 0 aliphatic heterocycles. The molecule has 0 saturated carbocycles. The van der Waals surface area contributed by atoms with Gasteiger partial charge >= 0.3 is 11.5 Å². The molecule has 9 aromatic rings. The van der Waals surface area contributed by atoms with Gasteiger partial charge in [0.05, 0.1) is 11.4 Å². The van der Waals surface area contributed by atoms with E-state index in [0.717, 1.165) is 36.3 Å². The van der Waals surface area contributed by atoms with Crippen LogP contribution >= 0.6 is 31.9 Å². The second-order valence-corrected chi connectivity index (χ2v) is 14.9. The van der Waals surface area contributed by atoms with Gasteiger partial charge < -0.3 is 24.9 Å². The first-order chi connectivity index (χ1) is 28.6. The molecule has 9 rings (SSSR count). The lowest BCUT2D eigenvalue weighted by atomic mass is 10.1. The lowest BCUT2D eigenvalue weighted by Gasteiger charge is -2.10. The summed E-state index contributed by atoms with van der Waals surface area (Å²) in [6, 6.07) is 37.4. The highest BCUT2D eigenvalue weighted by molar-refractivity contribution is 9.10. The van der Waals surface area contributed by atoms with E-state index in [-0.39, 0.29) is 23.5 Å². The van der Waals surface area contributed by atoms with Gasteiger partial charge in [0.25, 0.3) is 11.8 Å². The molecular weight excluding hydrogens is 888 g/mol. The third-order valence-corrected chi connectivity index (χ3v) is 10.1. The maximum Gasteiger partial charge on any atom is 0.439 e. The highest BCUT2D eigenvalue weighted by atomic mass is 79.9. The van der Waals surface area contributed by atoms with Crippen molar-refractivity contribution in [3.05, 3.63) is 168 Å². The summed E-state index contributed by atoms with van der Waals surface area (Å²) in [6.45, 7) is 0.459. The summed E-state index contributed by atoms with van der Waals surface area (Å²) >= 11 is 6.77. The predicted molar refractivity (Wildman–Crippen MR) is 228 cm³/mol. The van der Waals surface area contributed by atoms with E-state index in [0.29, 0.717) is 46.2 Å². The molecule has 5 aromatic carbocycles. The van der Waals surface area contributed by atoms with Crippen LogP contribution in [0.3, 0.4) is 0 Å². The number of halogens is 2. The van der Waals surface area contributed by atoms with Gasteiger partial charge in [-0.1, -0.05) is 90.7 Å². The molecule has 0 aliphatic carbocycles. The molecule has 0 spiro atoms. The number of aryl methyl sites for hydroxylation is 1. The molecule has 0 saturated heterocycles. The molecule has 15 nitrogen and oxygen atoms in total. The summed E-state index contributed by atoms with van der Waals surface area (Å²) < 4.78 is 18.4. The van der Waals surface area contributed by atoms with E-state index in [2.05, 4.69) is 76.8 Å². The number of rotatable bonds is 9. The Morgan fingerprint density at radius 2 is 1.29 bits per heavy atom. The van der Waals surface area contributed by atoms with Crippen LogP contribution in [0.15, 0.2) is 149 Å². The Labute approximate surface area is 349 Å². The fourth-order valence-electron chi connectivity index (χ4n) is 6.28. The van der Waals surface area contributed by atoms with Crippen LogP contribution in [0.5, 0.6) is 5.75 Å². The highest BCUT2D eigenvalue weighted by Gasteiger charge is 2.19. The number of hydrogen-bond acceptors (Lipinski definition) is 9. The van der Waals surface area contributed by atoms with Gasteiger partial charge in [0.15, 0.2) is 11.6 Å². The van der Waals surface area contributed by atoms with Crippen molar-refractivity contribution in [2.45, 2.75) is 6.61 Å². The largest absolute Gasteiger partial charge is 0.489 e. The number of amides is 2. The average Bonchev–Trinajstić information content (AvgIpc) is 4.05. The first-order valence-electron chi connectivity index (χ1n) is 17.8. The Morgan fingerprint density at radius 3 is 1.90 bits per heavy atom. The standard InChI is InChI=1S/C24H17BrN4O4.C18H13BrN4O3/c25-16-6-8-20(18(12-16)22-28-24(31)33-29-22)27-23(30)21-11-15-10-17(7-9-19(15)26-21)32-13-14-4-2-1-3-5-14;1-23-14-5-3-2-4-10(14)8-15(23)17(24)20-13-7-6-11(19)9-12(13)16-21-18(25)26-22-16/h1-12,26H,13H2,(H,27,30)(H,28,29,31);2-9H,1H3,(H,20,24)(H,21,22,25). The number of benzene rings is 5. The van der Waals surface area contributed by atoms with Crippen LogP contribution in [0.25, 0.3) is 44.6 Å². The molecule has 5 N–H and O–H groups in total. The number of fused-ring (bicyclic) bond motifs is 2. The van der Waals surface area contributed by atoms with Gasteiger partial charge in [-0.25, -0.2) is 9.59 Å². The fourth-order valence-corrected chi connectivity index (χ4v) is 7.00. The Morgan fingerprint density at radius 1 is 0.678 bits per heavy atom. The Bertz CT molecular complexity index is 3110. The van der Waals surface area contributed by atoms with Crippen molar-refractivity contribution in [3.63, 3.8) is 0 Å². The highest BCUT2D eigenvalue weighted by Crippen LogP contribution is 2.31. The first-order valence-corrected chi connectivity index (χ1v) is 19.3. The lowest BCUT2D eigenvalue weighted by molar-refractivity contribution is 0.101. The van der Waals surface area contributed by atoms with Crippen molar-refractivity contribution in [2.24, 2.45) is 7.05 Å². The molecule has 0 radical (unpaired) electrons. The summed E-state index contributed by atoms with van der Waals surface area (Å²) in [4.78, 5) is 56.5. The van der Waals surface area contributed by atoms with E-state index >= 15 is 0 Å². The van der Waals surface area contributed by atoms with Crippen LogP contribution in [-0.2, 0) is 13.7 Å². The zero-order chi connectivity index (χ0) is 41.0. The molecule has 0 fully saturated rings. The third kappa shape index (κ3) is 8.70. The van der Waals surface area contributed by atoms with E-state index in [4.69, 9.17) is 4.74 Å². The zero-order valence-electron chi connectivity index (χ0n) is 30.7. The molecule has 0 atom stereocenters. The molecule has 2 amide bonds. The van der Waals surface area contributed by atoms with Gasteiger partial charge in [-0.15, -0.1) is 0 Å². The fraction of sp³-hybridized carbons (Fsp3) is 0.0476. The van der Waals surface area contributed by atoms with E-state index in [1.165, 1.54) is 0 Å². The number of carbonyl (C=O) groups is 2. The number of nitrogens with zero attached hydrogens (tertiary/aromatic N) is 3. The van der Waals surface area contributed by atoms with Crippen LogP contribution in [-0.4, -0.2) is 41.6 Å². The average molecular weight is 919 g/mol. The van der Waals surface area contributed by atoms with Gasteiger partial charge in [-0.05, 0) is 78.4 Å². The van der Waals surface area contributed by atoms with Crippen LogP contribution in [0.4, 0.5) is 11.4 Å². The number of para-hydroxylation sites is 1. The lowest BCUT2D eigenvalue weighted by Crippen LogP contribution is -2.16. The molecule has 0 unspecified atom stereocenters. The van der Waals surface area contributed by atoms with E-state index in [9.17, 15) is 19.2 Å². The number of hydrogen-bond donors (Lipinski definition) is 5. The minimum Gasteiger partial charge on any atom is -0.489 e. The van der Waals surface area contributed by atoms with Gasteiger partial charge in [-0.3, -0.25) is 28.6 Å². The second kappa shape index (κ2) is 16.7. The SMILES string of the molecule is Cn1c(C(=O)Nc2ccc(Br)cc2-c2noc(=O)[nH]2)cc2ccccc21.O=C(Nc1ccc(Br)cc1-c1noc(=O)[nH]1)c1cc2cc(OCc3ccccc3)ccc2[nH]1.